The fourth-order valence-electron chi connectivity index (χ4n) is 2.71. The van der Waals surface area contributed by atoms with E-state index in [1.54, 1.807) is 7.11 Å². The Bertz CT molecular complexity index is 760. The summed E-state index contributed by atoms with van der Waals surface area (Å²) in [6.07, 6.45) is 0.699. The third kappa shape index (κ3) is 2.80. The largest absolute Gasteiger partial charge is 0.495 e. The molecule has 0 aliphatic carbocycles. The fourth-order valence-corrected chi connectivity index (χ4v) is 2.97. The van der Waals surface area contributed by atoms with Crippen LogP contribution in [0.25, 0.3) is 0 Å². The van der Waals surface area contributed by atoms with E-state index in [0.29, 0.717) is 35.8 Å². The van der Waals surface area contributed by atoms with Gasteiger partial charge < -0.3 is 10.5 Å². The number of hydrogen-bond donors (Lipinski definition) is 2. The Kier molecular flexibility index (Phi) is 4.04. The smallest absolute Gasteiger partial charge is 0.257 e. The summed E-state index contributed by atoms with van der Waals surface area (Å²) in [7, 11) is 1.59. The van der Waals surface area contributed by atoms with Gasteiger partial charge in [-0.05, 0) is 11.6 Å². The molecule has 6 nitrogen and oxygen atoms in total. The molecule has 3 N–H and O–H groups in total. The molecule has 1 aromatic carbocycles. The highest BCUT2D eigenvalue weighted by Crippen LogP contribution is 2.29. The predicted molar refractivity (Wildman–Crippen MR) is 85.1 cm³/mol. The van der Waals surface area contributed by atoms with Crippen molar-refractivity contribution >= 4 is 17.5 Å². The number of rotatable bonds is 3. The number of benzene rings is 1. The van der Waals surface area contributed by atoms with E-state index in [-0.39, 0.29) is 11.5 Å². The monoisotopic (exact) mass is 320 g/mol. The molecule has 0 amide bonds. The highest BCUT2D eigenvalue weighted by molar-refractivity contribution is 6.32. The van der Waals surface area contributed by atoms with E-state index in [4.69, 9.17) is 22.1 Å². The Balaban J connectivity index is 1.83. The quantitative estimate of drug-likeness (QED) is 0.897. The van der Waals surface area contributed by atoms with Crippen LogP contribution in [-0.4, -0.2) is 28.5 Å². The second-order valence-electron chi connectivity index (χ2n) is 5.27. The second-order valence-corrected chi connectivity index (χ2v) is 5.65. The SMILES string of the molecule is COc1cccc(CN2CCc3nc(N)[nH]c(=O)c3C2)c1Cl. The maximum absolute atomic E-state index is 12.0. The molecule has 0 saturated carbocycles. The number of fused-ring (bicyclic) bond motifs is 1. The summed E-state index contributed by atoms with van der Waals surface area (Å²) in [4.78, 5) is 20.9. The van der Waals surface area contributed by atoms with Crippen molar-refractivity contribution in [2.75, 3.05) is 19.4 Å². The van der Waals surface area contributed by atoms with E-state index < -0.39 is 0 Å². The van der Waals surface area contributed by atoms with Crippen molar-refractivity contribution in [2.45, 2.75) is 19.5 Å². The van der Waals surface area contributed by atoms with Gasteiger partial charge in [-0.3, -0.25) is 14.7 Å². The molecular formula is C15H17ClN4O2. The molecule has 0 spiro atoms. The standard InChI is InChI=1S/C15H17ClN4O2/c1-22-12-4-2-3-9(13(12)16)7-20-6-5-11-10(8-20)14(21)19-15(17)18-11/h2-4H,5-8H2,1H3,(H3,17,18,19,21). The van der Waals surface area contributed by atoms with Crippen molar-refractivity contribution in [3.05, 3.63) is 50.4 Å². The van der Waals surface area contributed by atoms with Crippen molar-refractivity contribution in [1.82, 2.24) is 14.9 Å². The van der Waals surface area contributed by atoms with E-state index in [0.717, 1.165) is 17.8 Å². The van der Waals surface area contributed by atoms with E-state index in [2.05, 4.69) is 14.9 Å². The van der Waals surface area contributed by atoms with Gasteiger partial charge in [0.05, 0.1) is 23.4 Å². The van der Waals surface area contributed by atoms with Crippen LogP contribution in [0.1, 0.15) is 16.8 Å². The van der Waals surface area contributed by atoms with Crippen molar-refractivity contribution in [1.29, 1.82) is 0 Å². The summed E-state index contributed by atoms with van der Waals surface area (Å²) < 4.78 is 5.23. The summed E-state index contributed by atoms with van der Waals surface area (Å²) in [5, 5.41) is 0.611. The molecule has 0 bridgehead atoms. The van der Waals surface area contributed by atoms with Gasteiger partial charge in [-0.1, -0.05) is 23.7 Å². The maximum atomic E-state index is 12.0. The van der Waals surface area contributed by atoms with Crippen molar-refractivity contribution in [2.24, 2.45) is 0 Å². The van der Waals surface area contributed by atoms with Crippen LogP contribution in [0.2, 0.25) is 5.02 Å². The zero-order valence-corrected chi connectivity index (χ0v) is 13.0. The lowest BCUT2D eigenvalue weighted by Crippen LogP contribution is -2.35. The van der Waals surface area contributed by atoms with Gasteiger partial charge >= 0.3 is 0 Å². The van der Waals surface area contributed by atoms with Crippen molar-refractivity contribution in [3.63, 3.8) is 0 Å². The second kappa shape index (κ2) is 5.98. The van der Waals surface area contributed by atoms with Crippen LogP contribution in [0.15, 0.2) is 23.0 Å². The predicted octanol–water partition coefficient (Wildman–Crippen LogP) is 1.57. The van der Waals surface area contributed by atoms with Crippen LogP contribution in [0.4, 0.5) is 5.95 Å². The van der Waals surface area contributed by atoms with Gasteiger partial charge in [-0.15, -0.1) is 0 Å². The molecule has 1 aliphatic heterocycles. The van der Waals surface area contributed by atoms with Crippen molar-refractivity contribution in [3.8, 4) is 5.75 Å². The van der Waals surface area contributed by atoms with E-state index in [1.165, 1.54) is 0 Å². The highest BCUT2D eigenvalue weighted by atomic mass is 35.5. The molecule has 0 atom stereocenters. The number of H-pyrrole nitrogens is 1. The minimum Gasteiger partial charge on any atom is -0.495 e. The molecular weight excluding hydrogens is 304 g/mol. The number of methoxy groups -OCH3 is 1. The number of nitrogens with two attached hydrogens (primary N) is 1. The summed E-state index contributed by atoms with van der Waals surface area (Å²) >= 11 is 6.33. The van der Waals surface area contributed by atoms with Crippen LogP contribution in [-0.2, 0) is 19.5 Å². The number of nitrogens with zero attached hydrogens (tertiary/aromatic N) is 2. The fraction of sp³-hybridized carbons (Fsp3) is 0.333. The average molecular weight is 321 g/mol. The number of anilines is 1. The zero-order chi connectivity index (χ0) is 15.7. The molecule has 7 heteroatoms. The van der Waals surface area contributed by atoms with Gasteiger partial charge in [-0.2, -0.15) is 0 Å². The van der Waals surface area contributed by atoms with E-state index in [9.17, 15) is 4.79 Å². The maximum Gasteiger partial charge on any atom is 0.257 e. The summed E-state index contributed by atoms with van der Waals surface area (Å²) in [6, 6.07) is 5.70. The van der Waals surface area contributed by atoms with Gasteiger partial charge in [0.15, 0.2) is 0 Å². The molecule has 2 aromatic rings. The third-order valence-electron chi connectivity index (χ3n) is 3.82. The molecule has 3 rings (SSSR count). The first-order valence-corrected chi connectivity index (χ1v) is 7.37. The Hall–Kier alpha value is -2.05. The lowest BCUT2D eigenvalue weighted by Gasteiger charge is -2.28. The number of halogens is 1. The normalized spacial score (nSPS) is 14.6. The molecule has 0 fully saturated rings. The molecule has 1 aliphatic rings. The molecule has 0 unspecified atom stereocenters. The number of aromatic nitrogens is 2. The first-order chi connectivity index (χ1) is 10.6. The van der Waals surface area contributed by atoms with Crippen molar-refractivity contribution < 1.29 is 4.74 Å². The Morgan fingerprint density at radius 3 is 3.09 bits per heavy atom. The van der Waals surface area contributed by atoms with Crippen LogP contribution >= 0.6 is 11.6 Å². The summed E-state index contributed by atoms with van der Waals surface area (Å²) in [6.45, 7) is 1.99. The molecule has 116 valence electrons. The van der Waals surface area contributed by atoms with E-state index >= 15 is 0 Å². The van der Waals surface area contributed by atoms with Gasteiger partial charge in [-0.25, -0.2) is 4.98 Å². The minimum absolute atomic E-state index is 0.163. The molecule has 1 aromatic heterocycles. The summed E-state index contributed by atoms with van der Waals surface area (Å²) in [5.41, 5.74) is 7.86. The lowest BCUT2D eigenvalue weighted by atomic mass is 10.1. The first-order valence-electron chi connectivity index (χ1n) is 6.99. The number of aromatic amines is 1. The Morgan fingerprint density at radius 2 is 2.32 bits per heavy atom. The molecule has 0 saturated heterocycles. The van der Waals surface area contributed by atoms with Crippen LogP contribution in [0.5, 0.6) is 5.75 Å². The molecule has 22 heavy (non-hydrogen) atoms. The highest BCUT2D eigenvalue weighted by Gasteiger charge is 2.21. The van der Waals surface area contributed by atoms with Gasteiger partial charge in [0.25, 0.3) is 5.56 Å². The average Bonchev–Trinajstić information content (AvgIpc) is 2.50. The topological polar surface area (TPSA) is 84.2 Å². The number of ether oxygens (including phenoxy) is 1. The van der Waals surface area contributed by atoms with Crippen LogP contribution in [0.3, 0.4) is 0 Å². The van der Waals surface area contributed by atoms with Gasteiger partial charge in [0, 0.05) is 26.1 Å². The molecule has 0 radical (unpaired) electrons. The zero-order valence-electron chi connectivity index (χ0n) is 12.2. The van der Waals surface area contributed by atoms with Gasteiger partial charge in [0.1, 0.15) is 5.75 Å². The number of nitrogen functional groups attached to an aromatic ring is 1. The van der Waals surface area contributed by atoms with Crippen LogP contribution < -0.4 is 16.0 Å². The molecule has 2 heterocycles. The minimum atomic E-state index is -0.163. The third-order valence-corrected chi connectivity index (χ3v) is 4.25. The van der Waals surface area contributed by atoms with E-state index in [1.807, 2.05) is 18.2 Å². The summed E-state index contributed by atoms with van der Waals surface area (Å²) in [5.74, 6) is 0.830. The van der Waals surface area contributed by atoms with Gasteiger partial charge in [0.2, 0.25) is 5.95 Å². The first kappa shape index (κ1) is 14.9. The number of hydrogen-bond acceptors (Lipinski definition) is 5. The Labute approximate surface area is 132 Å². The van der Waals surface area contributed by atoms with Crippen LogP contribution in [0, 0.1) is 0 Å². The lowest BCUT2D eigenvalue weighted by molar-refractivity contribution is 0.241. The Morgan fingerprint density at radius 1 is 1.50 bits per heavy atom. The number of nitrogens with one attached hydrogen (secondary N) is 1.